The number of alkyl carbamates (subject to hydrolysis) is 1. The Morgan fingerprint density at radius 2 is 1.91 bits per heavy atom. The van der Waals surface area contributed by atoms with Crippen LogP contribution in [0.5, 0.6) is 0 Å². The molecule has 0 radical (unpaired) electrons. The van der Waals surface area contributed by atoms with Crippen molar-refractivity contribution in [3.8, 4) is 0 Å². The molecular weight excluding hydrogens is 458 g/mol. The highest BCUT2D eigenvalue weighted by atomic mass is 32.2. The molecule has 34 heavy (non-hydrogen) atoms. The average Bonchev–Trinajstić information content (AvgIpc) is 3.32. The van der Waals surface area contributed by atoms with E-state index in [-0.39, 0.29) is 25.1 Å². The topological polar surface area (TPSA) is 108 Å². The highest BCUT2D eigenvalue weighted by molar-refractivity contribution is 7.86. The molecule has 1 aromatic rings. The summed E-state index contributed by atoms with van der Waals surface area (Å²) in [7, 11) is -3.72. The number of rotatable bonds is 11. The van der Waals surface area contributed by atoms with Gasteiger partial charge in [-0.3, -0.25) is 0 Å². The van der Waals surface area contributed by atoms with Crippen molar-refractivity contribution in [2.45, 2.75) is 64.2 Å². The molecule has 0 aromatic heterocycles. The first kappa shape index (κ1) is 26.9. The lowest BCUT2D eigenvalue weighted by atomic mass is 10.0. The summed E-state index contributed by atoms with van der Waals surface area (Å²) in [6.07, 6.45) is 1.61. The van der Waals surface area contributed by atoms with Gasteiger partial charge in [-0.15, -0.1) is 0 Å². The van der Waals surface area contributed by atoms with Gasteiger partial charge in [-0.2, -0.15) is 17.0 Å². The van der Waals surface area contributed by atoms with Crippen LogP contribution in [0, 0.1) is 5.92 Å². The normalized spacial score (nSPS) is 21.5. The van der Waals surface area contributed by atoms with Gasteiger partial charge < -0.3 is 19.9 Å². The molecule has 10 heteroatoms. The number of hydrogen-bond donors (Lipinski definition) is 2. The maximum absolute atomic E-state index is 13.4. The molecular formula is C24H39N3O6S. The number of aliphatic hydroxyl groups excluding tert-OH is 1. The van der Waals surface area contributed by atoms with Gasteiger partial charge in [0.05, 0.1) is 25.4 Å². The van der Waals surface area contributed by atoms with E-state index in [1.165, 1.54) is 8.61 Å². The van der Waals surface area contributed by atoms with Crippen LogP contribution in [0.15, 0.2) is 30.3 Å². The highest BCUT2D eigenvalue weighted by Gasteiger charge is 2.35. The molecule has 0 spiro atoms. The van der Waals surface area contributed by atoms with Crippen LogP contribution in [0.4, 0.5) is 4.79 Å². The summed E-state index contributed by atoms with van der Waals surface area (Å²) in [5.41, 5.74) is 0.922. The van der Waals surface area contributed by atoms with Crippen molar-refractivity contribution in [1.29, 1.82) is 0 Å². The maximum atomic E-state index is 13.4. The second-order valence-corrected chi connectivity index (χ2v) is 11.5. The summed E-state index contributed by atoms with van der Waals surface area (Å²) in [6, 6.07) is 8.77. The molecule has 2 aliphatic heterocycles. The number of aliphatic hydroxyl groups is 1. The third-order valence-electron chi connectivity index (χ3n) is 6.15. The molecule has 192 valence electrons. The summed E-state index contributed by atoms with van der Waals surface area (Å²) in [5.74, 6) is 0.0830. The van der Waals surface area contributed by atoms with Gasteiger partial charge in [-0.1, -0.05) is 50.6 Å². The Kier molecular flexibility index (Phi) is 10.1. The molecule has 2 heterocycles. The van der Waals surface area contributed by atoms with Crippen molar-refractivity contribution in [3.05, 3.63) is 35.9 Å². The zero-order chi connectivity index (χ0) is 24.6. The monoisotopic (exact) mass is 497 g/mol. The fourth-order valence-electron chi connectivity index (χ4n) is 4.36. The maximum Gasteiger partial charge on any atom is 0.407 e. The number of carbonyl (C=O) groups excluding carboxylic acids is 1. The van der Waals surface area contributed by atoms with Gasteiger partial charge in [0.1, 0.15) is 6.10 Å². The minimum absolute atomic E-state index is 0.0830. The lowest BCUT2D eigenvalue weighted by molar-refractivity contribution is 0.0638. The molecule has 0 saturated carbocycles. The largest absolute Gasteiger partial charge is 0.444 e. The SMILES string of the molecule is CC(C)CN(C[C@H](O)C(Cc1ccccc1)NC(=O)O[C@H]1CCOC1)S(=O)(=O)N1CCCCC1. The predicted octanol–water partition coefficient (Wildman–Crippen LogP) is 2.16. The van der Waals surface area contributed by atoms with E-state index >= 15 is 0 Å². The Labute approximate surface area is 203 Å². The summed E-state index contributed by atoms with van der Waals surface area (Å²) in [4.78, 5) is 12.6. The molecule has 2 N–H and O–H groups in total. The first-order valence-electron chi connectivity index (χ1n) is 12.3. The average molecular weight is 498 g/mol. The van der Waals surface area contributed by atoms with E-state index in [1.54, 1.807) is 0 Å². The van der Waals surface area contributed by atoms with Crippen molar-refractivity contribution >= 4 is 16.3 Å². The van der Waals surface area contributed by atoms with Crippen LogP contribution in [-0.2, 0) is 26.1 Å². The predicted molar refractivity (Wildman–Crippen MR) is 130 cm³/mol. The van der Waals surface area contributed by atoms with E-state index < -0.39 is 28.4 Å². The number of benzene rings is 1. The van der Waals surface area contributed by atoms with E-state index in [4.69, 9.17) is 9.47 Å². The van der Waals surface area contributed by atoms with Crippen molar-refractivity contribution in [3.63, 3.8) is 0 Å². The quantitative estimate of drug-likeness (QED) is 0.485. The van der Waals surface area contributed by atoms with Crippen LogP contribution in [-0.4, -0.2) is 85.9 Å². The van der Waals surface area contributed by atoms with Gasteiger partial charge in [0.15, 0.2) is 0 Å². The molecule has 2 fully saturated rings. The molecule has 1 unspecified atom stereocenters. The Morgan fingerprint density at radius 1 is 1.21 bits per heavy atom. The van der Waals surface area contributed by atoms with Gasteiger partial charge in [0, 0.05) is 32.6 Å². The van der Waals surface area contributed by atoms with Gasteiger partial charge in [0.25, 0.3) is 10.2 Å². The Hall–Kier alpha value is -1.72. The van der Waals surface area contributed by atoms with Crippen molar-refractivity contribution in [1.82, 2.24) is 13.9 Å². The zero-order valence-electron chi connectivity index (χ0n) is 20.3. The minimum Gasteiger partial charge on any atom is -0.444 e. The van der Waals surface area contributed by atoms with Crippen molar-refractivity contribution < 1.29 is 27.8 Å². The number of amides is 1. The standard InChI is InChI=1S/C24H39N3O6S/c1-19(2)16-27(34(30,31)26-12-7-4-8-13-26)17-23(28)22(15-20-9-5-3-6-10-20)25-24(29)33-21-11-14-32-18-21/h3,5-6,9-10,19,21-23,28H,4,7-8,11-18H2,1-2H3,(H,25,29)/t21-,22?,23-/m0/s1. The van der Waals surface area contributed by atoms with E-state index in [1.807, 2.05) is 44.2 Å². The van der Waals surface area contributed by atoms with Gasteiger partial charge >= 0.3 is 6.09 Å². The van der Waals surface area contributed by atoms with Crippen LogP contribution in [0.1, 0.15) is 45.1 Å². The van der Waals surface area contributed by atoms with E-state index in [2.05, 4.69) is 5.32 Å². The first-order chi connectivity index (χ1) is 16.3. The van der Waals surface area contributed by atoms with Crippen molar-refractivity contribution in [2.24, 2.45) is 5.92 Å². The molecule has 0 bridgehead atoms. The molecule has 3 atom stereocenters. The summed E-state index contributed by atoms with van der Waals surface area (Å²) in [6.45, 7) is 5.97. The fourth-order valence-corrected chi connectivity index (χ4v) is 6.23. The van der Waals surface area contributed by atoms with E-state index in [0.29, 0.717) is 39.1 Å². The fraction of sp³-hybridized carbons (Fsp3) is 0.708. The number of nitrogens with zero attached hydrogens (tertiary/aromatic N) is 2. The second-order valence-electron chi connectivity index (χ2n) is 9.58. The van der Waals surface area contributed by atoms with Gasteiger partial charge in [-0.05, 0) is 30.7 Å². The molecule has 9 nitrogen and oxygen atoms in total. The lowest BCUT2D eigenvalue weighted by Crippen LogP contribution is -2.54. The van der Waals surface area contributed by atoms with E-state index in [0.717, 1.165) is 24.8 Å². The minimum atomic E-state index is -3.72. The second kappa shape index (κ2) is 12.8. The summed E-state index contributed by atoms with van der Waals surface area (Å²) >= 11 is 0. The smallest absolute Gasteiger partial charge is 0.407 e. The number of hydrogen-bond acceptors (Lipinski definition) is 6. The van der Waals surface area contributed by atoms with Crippen LogP contribution in [0.2, 0.25) is 0 Å². The Balaban J connectivity index is 1.74. The molecule has 2 aliphatic rings. The van der Waals surface area contributed by atoms with Crippen LogP contribution in [0.3, 0.4) is 0 Å². The van der Waals surface area contributed by atoms with Crippen LogP contribution in [0.25, 0.3) is 0 Å². The first-order valence-corrected chi connectivity index (χ1v) is 13.7. The Bertz CT molecular complexity index is 855. The molecule has 2 saturated heterocycles. The van der Waals surface area contributed by atoms with Gasteiger partial charge in [0.2, 0.25) is 0 Å². The summed E-state index contributed by atoms with van der Waals surface area (Å²) < 4.78 is 40.4. The molecule has 1 amide bonds. The number of piperidine rings is 1. The number of carbonyl (C=O) groups is 1. The van der Waals surface area contributed by atoms with Crippen molar-refractivity contribution in [2.75, 3.05) is 39.4 Å². The lowest BCUT2D eigenvalue weighted by Gasteiger charge is -2.35. The molecule has 3 rings (SSSR count). The summed E-state index contributed by atoms with van der Waals surface area (Å²) in [5, 5.41) is 14.0. The van der Waals surface area contributed by atoms with E-state index in [9.17, 15) is 18.3 Å². The van der Waals surface area contributed by atoms with Gasteiger partial charge in [-0.25, -0.2) is 4.79 Å². The molecule has 0 aliphatic carbocycles. The van der Waals surface area contributed by atoms with Crippen LogP contribution < -0.4 is 5.32 Å². The molecule has 1 aromatic carbocycles. The number of ether oxygens (including phenoxy) is 2. The number of nitrogens with one attached hydrogen (secondary N) is 1. The third-order valence-corrected chi connectivity index (χ3v) is 8.12. The third kappa shape index (κ3) is 7.91. The highest BCUT2D eigenvalue weighted by Crippen LogP contribution is 2.19. The zero-order valence-corrected chi connectivity index (χ0v) is 21.1. The Morgan fingerprint density at radius 3 is 2.53 bits per heavy atom. The van der Waals surface area contributed by atoms with Crippen LogP contribution >= 0.6 is 0 Å².